The zero-order valence-electron chi connectivity index (χ0n) is 10.7. The minimum absolute atomic E-state index is 0.0865. The Hall–Kier alpha value is -1.55. The lowest BCUT2D eigenvalue weighted by Crippen LogP contribution is -2.34. The summed E-state index contributed by atoms with van der Waals surface area (Å²) in [5.74, 6) is 0.969. The molecule has 98 valence electrons. The molecule has 0 aromatic heterocycles. The summed E-state index contributed by atoms with van der Waals surface area (Å²) in [4.78, 5) is 11.4. The Kier molecular flexibility index (Phi) is 4.59. The number of carbonyl (C=O) groups is 1. The van der Waals surface area contributed by atoms with Crippen LogP contribution in [0.15, 0.2) is 24.3 Å². The average Bonchev–Trinajstić information content (AvgIpc) is 3.16. The molecule has 0 aliphatic heterocycles. The molecule has 4 nitrogen and oxygen atoms in total. The van der Waals surface area contributed by atoms with Gasteiger partial charge in [0, 0.05) is 12.6 Å². The van der Waals surface area contributed by atoms with Crippen molar-refractivity contribution in [2.24, 2.45) is 0 Å². The maximum atomic E-state index is 11.4. The molecule has 4 heteroatoms. The van der Waals surface area contributed by atoms with Gasteiger partial charge in [0.05, 0.1) is 13.2 Å². The molecule has 0 unspecified atom stereocenters. The van der Waals surface area contributed by atoms with Crippen molar-refractivity contribution in [1.29, 1.82) is 0 Å². The molecule has 1 aliphatic carbocycles. The number of hydrogen-bond acceptors (Lipinski definition) is 3. The van der Waals surface area contributed by atoms with Gasteiger partial charge in [0.15, 0.2) is 0 Å². The quantitative estimate of drug-likeness (QED) is 0.768. The smallest absolute Gasteiger partial charge is 0.234 e. The van der Waals surface area contributed by atoms with Crippen molar-refractivity contribution in [3.63, 3.8) is 0 Å². The second kappa shape index (κ2) is 6.40. The summed E-state index contributed by atoms with van der Waals surface area (Å²) in [6.45, 7) is 3.72. The highest BCUT2D eigenvalue weighted by Gasteiger charge is 2.22. The molecule has 0 saturated heterocycles. The first kappa shape index (κ1) is 12.9. The van der Waals surface area contributed by atoms with Gasteiger partial charge >= 0.3 is 0 Å². The second-order valence-corrected chi connectivity index (χ2v) is 4.52. The van der Waals surface area contributed by atoms with Crippen LogP contribution in [0.5, 0.6) is 5.75 Å². The van der Waals surface area contributed by atoms with Crippen LogP contribution in [0.25, 0.3) is 0 Å². The summed E-state index contributed by atoms with van der Waals surface area (Å²) < 4.78 is 5.37. The monoisotopic (exact) mass is 248 g/mol. The highest BCUT2D eigenvalue weighted by Crippen LogP contribution is 2.18. The van der Waals surface area contributed by atoms with Crippen LogP contribution in [-0.2, 0) is 11.3 Å². The van der Waals surface area contributed by atoms with Crippen LogP contribution in [0.2, 0.25) is 0 Å². The molecule has 0 heterocycles. The van der Waals surface area contributed by atoms with E-state index in [9.17, 15) is 4.79 Å². The third-order valence-electron chi connectivity index (χ3n) is 2.79. The van der Waals surface area contributed by atoms with Crippen LogP contribution in [0.3, 0.4) is 0 Å². The van der Waals surface area contributed by atoms with Crippen LogP contribution in [0.1, 0.15) is 25.3 Å². The number of nitrogens with one attached hydrogen (secondary N) is 2. The van der Waals surface area contributed by atoms with Gasteiger partial charge in [-0.3, -0.25) is 4.79 Å². The van der Waals surface area contributed by atoms with E-state index >= 15 is 0 Å². The fourth-order valence-corrected chi connectivity index (χ4v) is 1.70. The molecule has 1 saturated carbocycles. The number of amides is 1. The minimum atomic E-state index is 0.0865. The molecule has 1 fully saturated rings. The van der Waals surface area contributed by atoms with Crippen molar-refractivity contribution in [3.8, 4) is 5.75 Å². The average molecular weight is 248 g/mol. The summed E-state index contributed by atoms with van der Waals surface area (Å²) in [7, 11) is 0. The van der Waals surface area contributed by atoms with Crippen LogP contribution < -0.4 is 15.4 Å². The van der Waals surface area contributed by atoms with Gasteiger partial charge in [0.25, 0.3) is 0 Å². The molecular formula is C14H20N2O2. The molecule has 1 aromatic rings. The van der Waals surface area contributed by atoms with Crippen molar-refractivity contribution >= 4 is 5.91 Å². The van der Waals surface area contributed by atoms with E-state index in [0.29, 0.717) is 25.7 Å². The van der Waals surface area contributed by atoms with Gasteiger partial charge in [-0.15, -0.1) is 0 Å². The molecule has 1 aliphatic rings. The summed E-state index contributed by atoms with van der Waals surface area (Å²) in [5, 5.41) is 6.08. The molecule has 2 N–H and O–H groups in total. The van der Waals surface area contributed by atoms with Gasteiger partial charge in [-0.2, -0.15) is 0 Å². The van der Waals surface area contributed by atoms with E-state index in [4.69, 9.17) is 4.74 Å². The molecule has 0 atom stereocenters. The van der Waals surface area contributed by atoms with Crippen LogP contribution in [-0.4, -0.2) is 25.1 Å². The molecule has 2 rings (SSSR count). The summed E-state index contributed by atoms with van der Waals surface area (Å²) in [6, 6.07) is 8.35. The Morgan fingerprint density at radius 3 is 2.67 bits per heavy atom. The number of benzene rings is 1. The van der Waals surface area contributed by atoms with Gasteiger partial charge in [0.1, 0.15) is 5.75 Å². The maximum absolute atomic E-state index is 11.4. The highest BCUT2D eigenvalue weighted by atomic mass is 16.5. The Bertz CT molecular complexity index is 385. The molecule has 1 amide bonds. The Morgan fingerprint density at radius 1 is 1.33 bits per heavy atom. The third kappa shape index (κ3) is 4.37. The fraction of sp³-hybridized carbons (Fsp3) is 0.500. The Labute approximate surface area is 108 Å². The Morgan fingerprint density at radius 2 is 2.06 bits per heavy atom. The lowest BCUT2D eigenvalue weighted by molar-refractivity contribution is -0.120. The lowest BCUT2D eigenvalue weighted by Gasteiger charge is -2.07. The van der Waals surface area contributed by atoms with E-state index in [0.717, 1.165) is 24.2 Å². The van der Waals surface area contributed by atoms with Gasteiger partial charge in [0.2, 0.25) is 5.91 Å². The zero-order chi connectivity index (χ0) is 12.8. The van der Waals surface area contributed by atoms with E-state index in [1.165, 1.54) is 0 Å². The van der Waals surface area contributed by atoms with Crippen molar-refractivity contribution in [1.82, 2.24) is 10.6 Å². The number of hydrogen-bond donors (Lipinski definition) is 2. The molecule has 0 radical (unpaired) electrons. The van der Waals surface area contributed by atoms with E-state index in [-0.39, 0.29) is 5.91 Å². The van der Waals surface area contributed by atoms with E-state index < -0.39 is 0 Å². The van der Waals surface area contributed by atoms with Crippen molar-refractivity contribution < 1.29 is 9.53 Å². The molecule has 0 bridgehead atoms. The SMILES string of the molecule is CCOc1ccc(CNCC(=O)NC2CC2)cc1. The molecule has 0 spiro atoms. The number of carbonyl (C=O) groups excluding carboxylic acids is 1. The van der Waals surface area contributed by atoms with E-state index in [1.54, 1.807) is 0 Å². The molecule has 18 heavy (non-hydrogen) atoms. The normalized spacial score (nSPS) is 14.3. The van der Waals surface area contributed by atoms with Crippen LogP contribution in [0, 0.1) is 0 Å². The summed E-state index contributed by atoms with van der Waals surface area (Å²) >= 11 is 0. The second-order valence-electron chi connectivity index (χ2n) is 4.52. The first-order valence-corrected chi connectivity index (χ1v) is 6.49. The highest BCUT2D eigenvalue weighted by molar-refractivity contribution is 5.78. The molecule has 1 aromatic carbocycles. The van der Waals surface area contributed by atoms with E-state index in [1.807, 2.05) is 31.2 Å². The maximum Gasteiger partial charge on any atom is 0.234 e. The van der Waals surface area contributed by atoms with Gasteiger partial charge in [-0.1, -0.05) is 12.1 Å². The largest absolute Gasteiger partial charge is 0.494 e. The van der Waals surface area contributed by atoms with Crippen molar-refractivity contribution in [3.05, 3.63) is 29.8 Å². The predicted octanol–water partition coefficient (Wildman–Crippen LogP) is 1.45. The van der Waals surface area contributed by atoms with Crippen LogP contribution >= 0.6 is 0 Å². The zero-order valence-corrected chi connectivity index (χ0v) is 10.7. The standard InChI is InChI=1S/C14H20N2O2/c1-2-18-13-7-3-11(4-8-13)9-15-10-14(17)16-12-5-6-12/h3-4,7-8,12,15H,2,5-6,9-10H2,1H3,(H,16,17). The number of ether oxygens (including phenoxy) is 1. The van der Waals surface area contributed by atoms with E-state index in [2.05, 4.69) is 10.6 Å². The summed E-state index contributed by atoms with van der Waals surface area (Å²) in [5.41, 5.74) is 1.15. The molecular weight excluding hydrogens is 228 g/mol. The lowest BCUT2D eigenvalue weighted by atomic mass is 10.2. The first-order valence-electron chi connectivity index (χ1n) is 6.49. The topological polar surface area (TPSA) is 50.4 Å². The predicted molar refractivity (Wildman–Crippen MR) is 70.5 cm³/mol. The Balaban J connectivity index is 1.67. The van der Waals surface area contributed by atoms with Crippen molar-refractivity contribution in [2.75, 3.05) is 13.2 Å². The van der Waals surface area contributed by atoms with Gasteiger partial charge in [-0.05, 0) is 37.5 Å². The fourth-order valence-electron chi connectivity index (χ4n) is 1.70. The minimum Gasteiger partial charge on any atom is -0.494 e. The van der Waals surface area contributed by atoms with Crippen molar-refractivity contribution in [2.45, 2.75) is 32.4 Å². The number of rotatable bonds is 7. The third-order valence-corrected chi connectivity index (χ3v) is 2.79. The summed E-state index contributed by atoms with van der Waals surface area (Å²) in [6.07, 6.45) is 2.26. The first-order chi connectivity index (χ1) is 8.78. The van der Waals surface area contributed by atoms with Crippen LogP contribution in [0.4, 0.5) is 0 Å². The van der Waals surface area contributed by atoms with Gasteiger partial charge < -0.3 is 15.4 Å². The van der Waals surface area contributed by atoms with Gasteiger partial charge in [-0.25, -0.2) is 0 Å².